The van der Waals surface area contributed by atoms with E-state index >= 15 is 0 Å². The topological polar surface area (TPSA) is 98.4 Å². The van der Waals surface area contributed by atoms with Crippen LogP contribution in [0.1, 0.15) is 0 Å². The number of halogens is 2. The lowest BCUT2D eigenvalue weighted by Gasteiger charge is -2.17. The highest BCUT2D eigenvalue weighted by Gasteiger charge is 2.20. The Morgan fingerprint density at radius 3 is 2.40 bits per heavy atom. The largest absolute Gasteiger partial charge is 0.397 e. The van der Waals surface area contributed by atoms with Gasteiger partial charge < -0.3 is 11.5 Å². The minimum absolute atomic E-state index is 0.185. The lowest BCUT2D eigenvalue weighted by atomic mass is 10.2. The first-order valence-corrected chi connectivity index (χ1v) is 6.16. The first-order valence-electron chi connectivity index (χ1n) is 5.45. The zero-order valence-corrected chi connectivity index (χ0v) is 11.6. The van der Waals surface area contributed by atoms with Crippen molar-refractivity contribution < 1.29 is 4.92 Å². The predicted molar refractivity (Wildman–Crippen MR) is 81.4 cm³/mol. The number of anilines is 4. The average molecular weight is 313 g/mol. The summed E-state index contributed by atoms with van der Waals surface area (Å²) in [5.41, 5.74) is 12.5. The Bertz CT molecular complexity index is 679. The third kappa shape index (κ3) is 2.71. The number of benzene rings is 2. The zero-order chi connectivity index (χ0) is 14.9. The first kappa shape index (κ1) is 14.2. The molecule has 2 rings (SSSR count). The van der Waals surface area contributed by atoms with Gasteiger partial charge in [0, 0.05) is 22.9 Å². The Morgan fingerprint density at radius 2 is 1.80 bits per heavy atom. The predicted octanol–water partition coefficient (Wildman–Crippen LogP) is 3.70. The van der Waals surface area contributed by atoms with Crippen molar-refractivity contribution in [3.8, 4) is 0 Å². The number of nitrogens with zero attached hydrogens (tertiary/aromatic N) is 2. The van der Waals surface area contributed by atoms with Gasteiger partial charge in [0.2, 0.25) is 0 Å². The van der Waals surface area contributed by atoms with Gasteiger partial charge in [-0.25, -0.2) is 4.42 Å². The molecule has 2 aromatic carbocycles. The van der Waals surface area contributed by atoms with Gasteiger partial charge in [-0.05, 0) is 30.3 Å². The molecule has 0 aliphatic carbocycles. The monoisotopic (exact) mass is 312 g/mol. The fourth-order valence-electron chi connectivity index (χ4n) is 1.63. The van der Waals surface area contributed by atoms with Gasteiger partial charge in [0.25, 0.3) is 5.69 Å². The number of hydrogen-bond donors (Lipinski definition) is 2. The zero-order valence-electron chi connectivity index (χ0n) is 10.1. The summed E-state index contributed by atoms with van der Waals surface area (Å²) in [7, 11) is 0. The molecule has 0 unspecified atom stereocenters. The Labute approximate surface area is 124 Å². The molecule has 8 heteroatoms. The van der Waals surface area contributed by atoms with Crippen LogP contribution in [0, 0.1) is 10.1 Å². The van der Waals surface area contributed by atoms with Gasteiger partial charge in [-0.1, -0.05) is 11.6 Å². The lowest BCUT2D eigenvalue weighted by Crippen LogP contribution is -2.06. The molecule has 4 N–H and O–H groups in total. The minimum atomic E-state index is -0.558. The minimum Gasteiger partial charge on any atom is -0.397 e. The Hall–Kier alpha value is -2.18. The molecule has 2 aromatic rings. The van der Waals surface area contributed by atoms with Crippen LogP contribution in [0.25, 0.3) is 0 Å². The lowest BCUT2D eigenvalue weighted by molar-refractivity contribution is -0.384. The molecule has 0 bridgehead atoms. The van der Waals surface area contributed by atoms with Crippen LogP contribution in [0.15, 0.2) is 36.4 Å². The van der Waals surface area contributed by atoms with Crippen molar-refractivity contribution in [1.82, 2.24) is 0 Å². The van der Waals surface area contributed by atoms with Gasteiger partial charge >= 0.3 is 0 Å². The van der Waals surface area contributed by atoms with E-state index in [0.29, 0.717) is 17.1 Å². The quantitative estimate of drug-likeness (QED) is 0.389. The normalized spacial score (nSPS) is 10.3. The third-order valence-electron chi connectivity index (χ3n) is 2.64. The number of nitro benzene ring substituents is 1. The highest BCUT2D eigenvalue weighted by atomic mass is 35.5. The van der Waals surface area contributed by atoms with Crippen LogP contribution in [-0.2, 0) is 0 Å². The van der Waals surface area contributed by atoms with Gasteiger partial charge in [-0.15, -0.1) is 0 Å². The van der Waals surface area contributed by atoms with Crippen LogP contribution in [0.3, 0.4) is 0 Å². The molecule has 0 heterocycles. The number of nitrogens with two attached hydrogens (primary N) is 2. The van der Waals surface area contributed by atoms with Gasteiger partial charge in [0.1, 0.15) is 5.69 Å². The number of nitrogen functional groups attached to an aromatic ring is 2. The third-order valence-corrected chi connectivity index (χ3v) is 3.26. The van der Waals surface area contributed by atoms with Crippen LogP contribution < -0.4 is 15.9 Å². The van der Waals surface area contributed by atoms with E-state index in [0.717, 1.165) is 4.42 Å². The summed E-state index contributed by atoms with van der Waals surface area (Å²) in [5.74, 6) is 0. The maximum absolute atomic E-state index is 11.0. The molecule has 0 saturated heterocycles. The first-order chi connectivity index (χ1) is 9.40. The number of rotatable bonds is 3. The van der Waals surface area contributed by atoms with Gasteiger partial charge in [-0.2, -0.15) is 0 Å². The van der Waals surface area contributed by atoms with Crippen molar-refractivity contribution in [3.63, 3.8) is 0 Å². The number of hydrogen-bond acceptors (Lipinski definition) is 5. The Kier molecular flexibility index (Phi) is 3.87. The molecular weight excluding hydrogens is 303 g/mol. The van der Waals surface area contributed by atoms with Crippen molar-refractivity contribution in [2.24, 2.45) is 0 Å². The van der Waals surface area contributed by atoms with Gasteiger partial charge in [0.15, 0.2) is 0 Å². The van der Waals surface area contributed by atoms with Crippen molar-refractivity contribution >= 4 is 51.8 Å². The molecule has 0 aliphatic heterocycles. The maximum atomic E-state index is 11.0. The van der Waals surface area contributed by atoms with Crippen LogP contribution >= 0.6 is 23.4 Å². The molecule has 0 spiro atoms. The molecule has 0 saturated carbocycles. The van der Waals surface area contributed by atoms with E-state index in [-0.39, 0.29) is 16.4 Å². The smallest absolute Gasteiger partial charge is 0.295 e. The second-order valence-corrected chi connectivity index (χ2v) is 4.76. The van der Waals surface area contributed by atoms with E-state index in [1.54, 1.807) is 12.1 Å². The summed E-state index contributed by atoms with van der Waals surface area (Å²) < 4.78 is 1.13. The number of nitro groups is 1. The summed E-state index contributed by atoms with van der Waals surface area (Å²) >= 11 is 11.9. The fraction of sp³-hybridized carbons (Fsp3) is 0. The van der Waals surface area contributed by atoms with E-state index in [4.69, 9.17) is 34.8 Å². The molecule has 104 valence electrons. The molecule has 0 amide bonds. The van der Waals surface area contributed by atoms with E-state index in [1.165, 1.54) is 24.3 Å². The van der Waals surface area contributed by atoms with Crippen molar-refractivity contribution in [3.05, 3.63) is 51.5 Å². The Balaban J connectivity index is 2.50. The highest BCUT2D eigenvalue weighted by molar-refractivity contribution is 6.32. The second-order valence-electron chi connectivity index (χ2n) is 3.98. The van der Waals surface area contributed by atoms with Crippen LogP contribution in [-0.4, -0.2) is 4.92 Å². The molecule has 0 aromatic heterocycles. The maximum Gasteiger partial charge on any atom is 0.295 e. The molecular formula is C12H10Cl2N4O2. The van der Waals surface area contributed by atoms with Crippen LogP contribution in [0.5, 0.6) is 0 Å². The highest BCUT2D eigenvalue weighted by Crippen LogP contribution is 2.38. The van der Waals surface area contributed by atoms with Gasteiger partial charge in [-0.3, -0.25) is 10.1 Å². The fourth-order valence-corrected chi connectivity index (χ4v) is 2.05. The molecule has 0 aliphatic rings. The summed E-state index contributed by atoms with van der Waals surface area (Å²) in [5, 5.41) is 11.3. The Morgan fingerprint density at radius 1 is 1.10 bits per heavy atom. The van der Waals surface area contributed by atoms with Crippen molar-refractivity contribution in [1.29, 1.82) is 0 Å². The molecule has 6 nitrogen and oxygen atoms in total. The molecule has 0 radical (unpaired) electrons. The standard InChI is InChI=1S/C12H10Cl2N4O2/c13-7-1-4-11(12(5-7)18(19)20)17(14)8-2-3-9(15)10(16)6-8/h1-6H,15-16H2. The molecule has 20 heavy (non-hydrogen) atoms. The van der Waals surface area contributed by atoms with E-state index in [9.17, 15) is 10.1 Å². The summed E-state index contributed by atoms with van der Waals surface area (Å²) in [4.78, 5) is 10.5. The van der Waals surface area contributed by atoms with E-state index < -0.39 is 4.92 Å². The van der Waals surface area contributed by atoms with Crippen LogP contribution in [0.2, 0.25) is 5.02 Å². The van der Waals surface area contributed by atoms with Gasteiger partial charge in [0.05, 0.1) is 22.0 Å². The van der Waals surface area contributed by atoms with Crippen molar-refractivity contribution in [2.45, 2.75) is 0 Å². The summed E-state index contributed by atoms with van der Waals surface area (Å²) in [6.07, 6.45) is 0. The van der Waals surface area contributed by atoms with Crippen molar-refractivity contribution in [2.75, 3.05) is 15.9 Å². The summed E-state index contributed by atoms with van der Waals surface area (Å²) in [6.45, 7) is 0. The van der Waals surface area contributed by atoms with E-state index in [2.05, 4.69) is 0 Å². The van der Waals surface area contributed by atoms with E-state index in [1.807, 2.05) is 0 Å². The van der Waals surface area contributed by atoms with Crippen LogP contribution in [0.4, 0.5) is 28.4 Å². The molecule has 0 atom stereocenters. The molecule has 0 fully saturated rings. The second kappa shape index (κ2) is 5.44. The average Bonchev–Trinajstić information content (AvgIpc) is 2.41. The summed E-state index contributed by atoms with van der Waals surface area (Å²) in [6, 6.07) is 8.91. The SMILES string of the molecule is Nc1ccc(N(Cl)c2ccc(Cl)cc2[N+](=O)[O-])cc1N.